The van der Waals surface area contributed by atoms with E-state index in [0.717, 1.165) is 24.6 Å². The normalized spacial score (nSPS) is 14.2. The van der Waals surface area contributed by atoms with Crippen LogP contribution in [-0.2, 0) is 14.3 Å². The van der Waals surface area contributed by atoms with Gasteiger partial charge in [-0.15, -0.1) is 0 Å². The molecule has 0 atom stereocenters. The first-order valence-corrected chi connectivity index (χ1v) is 7.60. The molecule has 0 aromatic carbocycles. The van der Waals surface area contributed by atoms with Crippen molar-refractivity contribution in [3.63, 3.8) is 0 Å². The van der Waals surface area contributed by atoms with Gasteiger partial charge in [-0.25, -0.2) is 4.98 Å². The highest BCUT2D eigenvalue weighted by molar-refractivity contribution is 5.92. The van der Waals surface area contributed by atoms with E-state index in [2.05, 4.69) is 27.1 Å². The smallest absolute Gasteiger partial charge is 0.243 e. The Morgan fingerprint density at radius 1 is 1.39 bits per heavy atom. The molecule has 2 rings (SSSR count). The highest BCUT2D eigenvalue weighted by atomic mass is 16.5. The van der Waals surface area contributed by atoms with Crippen LogP contribution in [0.5, 0.6) is 0 Å². The summed E-state index contributed by atoms with van der Waals surface area (Å²) in [5.74, 6) is 0.436. The number of nitrogens with one attached hydrogen (secondary N) is 2. The summed E-state index contributed by atoms with van der Waals surface area (Å²) in [5.41, 5.74) is 1.44. The first-order chi connectivity index (χ1) is 11.1. The number of hydrogen-bond donors (Lipinski definition) is 2. The molecule has 0 radical (unpaired) electrons. The Morgan fingerprint density at radius 2 is 2.13 bits per heavy atom. The first-order valence-electron chi connectivity index (χ1n) is 7.60. The molecular formula is C16H22N4O3. The van der Waals surface area contributed by atoms with Crippen molar-refractivity contribution >= 4 is 23.3 Å². The molecule has 1 fully saturated rings. The van der Waals surface area contributed by atoms with Crippen molar-refractivity contribution in [2.45, 2.75) is 13.3 Å². The fourth-order valence-electron chi connectivity index (χ4n) is 2.23. The lowest BCUT2D eigenvalue weighted by atomic mass is 10.2. The minimum Gasteiger partial charge on any atom is -0.378 e. The van der Waals surface area contributed by atoms with Crippen molar-refractivity contribution in [2.75, 3.05) is 43.1 Å². The number of pyridine rings is 1. The Bertz CT molecular complexity index is 583. The fraction of sp³-hybridized carbons (Fsp3) is 0.438. The summed E-state index contributed by atoms with van der Waals surface area (Å²) >= 11 is 0. The number of amides is 2. The molecular weight excluding hydrogens is 296 g/mol. The number of aryl methyl sites for hydroxylation is 1. The van der Waals surface area contributed by atoms with Crippen molar-refractivity contribution < 1.29 is 14.3 Å². The van der Waals surface area contributed by atoms with Crippen LogP contribution in [0.4, 0.5) is 11.5 Å². The van der Waals surface area contributed by atoms with Crippen LogP contribution in [0.1, 0.15) is 12.1 Å². The van der Waals surface area contributed by atoms with Gasteiger partial charge in [-0.2, -0.15) is 0 Å². The van der Waals surface area contributed by atoms with Crippen LogP contribution in [0.2, 0.25) is 0 Å². The maximum atomic E-state index is 11.9. The van der Waals surface area contributed by atoms with Gasteiger partial charge in [-0.05, 0) is 25.1 Å². The van der Waals surface area contributed by atoms with E-state index in [-0.39, 0.29) is 24.8 Å². The lowest BCUT2D eigenvalue weighted by molar-refractivity contribution is -0.117. The average Bonchev–Trinajstić information content (AvgIpc) is 2.57. The second-order valence-electron chi connectivity index (χ2n) is 5.20. The lowest BCUT2D eigenvalue weighted by Crippen LogP contribution is -2.36. The Hall–Kier alpha value is -2.41. The standard InChI is InChI=1S/C16H22N4O3/c1-3-15(21)17-7-6-16(22)19-13-4-5-14(18-12(13)2)20-8-10-23-11-9-20/h3-5H,1,6-11H2,2H3,(H,17,21)(H,19,22). The molecule has 1 aliphatic heterocycles. The van der Waals surface area contributed by atoms with Gasteiger partial charge in [0.25, 0.3) is 0 Å². The number of hydrogen-bond acceptors (Lipinski definition) is 5. The molecule has 2 heterocycles. The molecule has 0 spiro atoms. The van der Waals surface area contributed by atoms with Crippen LogP contribution in [0.3, 0.4) is 0 Å². The van der Waals surface area contributed by atoms with Crippen LogP contribution in [0, 0.1) is 6.92 Å². The van der Waals surface area contributed by atoms with E-state index >= 15 is 0 Å². The van der Waals surface area contributed by atoms with Crippen LogP contribution in [-0.4, -0.2) is 49.6 Å². The SMILES string of the molecule is C=CC(=O)NCCC(=O)Nc1ccc(N2CCOCC2)nc1C. The minimum atomic E-state index is -0.287. The lowest BCUT2D eigenvalue weighted by Gasteiger charge is -2.28. The molecule has 7 heteroatoms. The Kier molecular flexibility index (Phi) is 6.10. The Labute approximate surface area is 135 Å². The summed E-state index contributed by atoms with van der Waals surface area (Å²) in [6.07, 6.45) is 1.38. The van der Waals surface area contributed by atoms with Gasteiger partial charge in [0.15, 0.2) is 0 Å². The number of carbonyl (C=O) groups is 2. The molecule has 0 aliphatic carbocycles. The van der Waals surface area contributed by atoms with Gasteiger partial charge in [-0.1, -0.05) is 6.58 Å². The second kappa shape index (κ2) is 8.28. The third-order valence-corrected chi connectivity index (χ3v) is 3.52. The highest BCUT2D eigenvalue weighted by Crippen LogP contribution is 2.19. The molecule has 124 valence electrons. The van der Waals surface area contributed by atoms with E-state index in [1.165, 1.54) is 6.08 Å². The van der Waals surface area contributed by atoms with Gasteiger partial charge >= 0.3 is 0 Å². The summed E-state index contributed by atoms with van der Waals surface area (Å²) < 4.78 is 5.33. The zero-order chi connectivity index (χ0) is 16.7. The molecule has 7 nitrogen and oxygen atoms in total. The van der Waals surface area contributed by atoms with Crippen molar-refractivity contribution in [3.8, 4) is 0 Å². The van der Waals surface area contributed by atoms with Gasteiger partial charge in [-0.3, -0.25) is 9.59 Å². The van der Waals surface area contributed by atoms with Crippen molar-refractivity contribution in [1.29, 1.82) is 0 Å². The monoisotopic (exact) mass is 318 g/mol. The first kappa shape index (κ1) is 17.0. The van der Waals surface area contributed by atoms with E-state index in [4.69, 9.17) is 4.74 Å². The van der Waals surface area contributed by atoms with Crippen molar-refractivity contribution in [1.82, 2.24) is 10.3 Å². The van der Waals surface area contributed by atoms with Gasteiger partial charge in [0, 0.05) is 26.1 Å². The zero-order valence-electron chi connectivity index (χ0n) is 13.3. The summed E-state index contributed by atoms with van der Waals surface area (Å²) in [7, 11) is 0. The zero-order valence-corrected chi connectivity index (χ0v) is 13.3. The predicted octanol–water partition coefficient (Wildman–Crippen LogP) is 0.857. The third-order valence-electron chi connectivity index (χ3n) is 3.52. The van der Waals surface area contributed by atoms with Gasteiger partial charge in [0.2, 0.25) is 11.8 Å². The molecule has 0 unspecified atom stereocenters. The van der Waals surface area contributed by atoms with Crippen molar-refractivity contribution in [3.05, 3.63) is 30.5 Å². The molecule has 1 aliphatic rings. The molecule has 23 heavy (non-hydrogen) atoms. The molecule has 2 N–H and O–H groups in total. The second-order valence-corrected chi connectivity index (χ2v) is 5.20. The average molecular weight is 318 g/mol. The number of morpholine rings is 1. The summed E-state index contributed by atoms with van der Waals surface area (Å²) in [6.45, 7) is 8.53. The van der Waals surface area contributed by atoms with Crippen LogP contribution >= 0.6 is 0 Å². The van der Waals surface area contributed by atoms with Crippen LogP contribution < -0.4 is 15.5 Å². The summed E-state index contributed by atoms with van der Waals surface area (Å²) in [5, 5.41) is 5.37. The number of rotatable bonds is 6. The van der Waals surface area contributed by atoms with E-state index < -0.39 is 0 Å². The summed E-state index contributed by atoms with van der Waals surface area (Å²) in [4.78, 5) is 29.6. The van der Waals surface area contributed by atoms with Crippen LogP contribution in [0.25, 0.3) is 0 Å². The third kappa shape index (κ3) is 5.07. The number of carbonyl (C=O) groups excluding carboxylic acids is 2. The number of ether oxygens (including phenoxy) is 1. The molecule has 2 amide bonds. The number of anilines is 2. The quantitative estimate of drug-likeness (QED) is 0.760. The van der Waals surface area contributed by atoms with E-state index in [0.29, 0.717) is 18.9 Å². The van der Waals surface area contributed by atoms with Gasteiger partial charge in [0.05, 0.1) is 24.6 Å². The number of nitrogens with zero attached hydrogens (tertiary/aromatic N) is 2. The molecule has 0 bridgehead atoms. The van der Waals surface area contributed by atoms with E-state index in [1.54, 1.807) is 0 Å². The van der Waals surface area contributed by atoms with Gasteiger partial charge in [0.1, 0.15) is 5.82 Å². The minimum absolute atomic E-state index is 0.168. The van der Waals surface area contributed by atoms with E-state index in [1.807, 2.05) is 19.1 Å². The maximum absolute atomic E-state index is 11.9. The maximum Gasteiger partial charge on any atom is 0.243 e. The van der Waals surface area contributed by atoms with Gasteiger partial charge < -0.3 is 20.3 Å². The largest absolute Gasteiger partial charge is 0.378 e. The molecule has 0 saturated carbocycles. The Morgan fingerprint density at radius 3 is 2.78 bits per heavy atom. The highest BCUT2D eigenvalue weighted by Gasteiger charge is 2.14. The molecule has 1 saturated heterocycles. The predicted molar refractivity (Wildman–Crippen MR) is 88.5 cm³/mol. The topological polar surface area (TPSA) is 83.6 Å². The number of aromatic nitrogens is 1. The van der Waals surface area contributed by atoms with Crippen molar-refractivity contribution in [2.24, 2.45) is 0 Å². The fourth-order valence-corrected chi connectivity index (χ4v) is 2.23. The Balaban J connectivity index is 1.88. The van der Waals surface area contributed by atoms with Crippen LogP contribution in [0.15, 0.2) is 24.8 Å². The van der Waals surface area contributed by atoms with E-state index in [9.17, 15) is 9.59 Å². The molecule has 1 aromatic heterocycles. The molecule has 1 aromatic rings. The summed E-state index contributed by atoms with van der Waals surface area (Å²) in [6, 6.07) is 3.75.